The topological polar surface area (TPSA) is 141 Å². The van der Waals surface area contributed by atoms with Crippen LogP contribution >= 0.6 is 15.6 Å². The lowest BCUT2D eigenvalue weighted by molar-refractivity contribution is -0.121. The number of hydrogen-bond donors (Lipinski definition) is 0. The Labute approximate surface area is 186 Å². The number of phosphoric ester groups is 2. The van der Waals surface area contributed by atoms with Crippen molar-refractivity contribution in [2.24, 2.45) is 0 Å². The van der Waals surface area contributed by atoms with E-state index in [1.807, 2.05) is 0 Å². The smallest absolute Gasteiger partial charge is 0.350 e. The summed E-state index contributed by atoms with van der Waals surface area (Å²) in [5.41, 5.74) is -0.286. The number of rotatable bonds is 16. The van der Waals surface area contributed by atoms with Crippen molar-refractivity contribution < 1.29 is 50.7 Å². The summed E-state index contributed by atoms with van der Waals surface area (Å²) in [5.74, 6) is -1.75. The van der Waals surface area contributed by atoms with E-state index in [0.29, 0.717) is 0 Å². The Morgan fingerprint density at radius 1 is 1.00 bits per heavy atom. The van der Waals surface area contributed by atoms with Gasteiger partial charge in [0.25, 0.3) is 0 Å². The van der Waals surface area contributed by atoms with Crippen molar-refractivity contribution >= 4 is 33.0 Å². The van der Waals surface area contributed by atoms with Crippen LogP contribution in [0.2, 0.25) is 0 Å². The molecule has 0 bridgehead atoms. The fraction of sp³-hybridized carbons (Fsp3) is 0.526. The summed E-state index contributed by atoms with van der Waals surface area (Å²) in [7, 11) is -8.21. The van der Waals surface area contributed by atoms with Crippen LogP contribution in [0.5, 0.6) is 0 Å². The molecule has 0 aliphatic heterocycles. The predicted molar refractivity (Wildman–Crippen MR) is 112 cm³/mol. The quantitative estimate of drug-likeness (QED) is 0.136. The van der Waals surface area contributed by atoms with Crippen LogP contribution < -0.4 is 0 Å². The minimum atomic E-state index is -4.15. The summed E-state index contributed by atoms with van der Waals surface area (Å²) in [6.45, 7) is 4.10. The second-order valence-electron chi connectivity index (χ2n) is 6.00. The van der Waals surface area contributed by atoms with E-state index in [4.69, 9.17) is 29.0 Å². The molecular formula is C19H26O11P2. The molecule has 178 valence electrons. The van der Waals surface area contributed by atoms with Crippen LogP contribution in [0.15, 0.2) is 23.8 Å². The molecule has 0 radical (unpaired) electrons. The first kappa shape index (κ1) is 28.1. The SMILES string of the molecule is C#COP(=O)(OCC)OCC(CCC(=O)C1=CC(=O)C=CC1=O)OP(=O)(OCC)OCC. The van der Waals surface area contributed by atoms with E-state index in [-0.39, 0.29) is 38.2 Å². The Hall–Kier alpha value is -1.89. The van der Waals surface area contributed by atoms with Gasteiger partial charge in [-0.15, -0.1) is 0 Å². The number of carbonyl (C=O) groups is 3. The van der Waals surface area contributed by atoms with Gasteiger partial charge >= 0.3 is 15.6 Å². The predicted octanol–water partition coefficient (Wildman–Crippen LogP) is 3.30. The van der Waals surface area contributed by atoms with Crippen molar-refractivity contribution in [3.63, 3.8) is 0 Å². The number of ketones is 3. The van der Waals surface area contributed by atoms with Gasteiger partial charge in [0.15, 0.2) is 17.3 Å². The second kappa shape index (κ2) is 13.6. The van der Waals surface area contributed by atoms with Crippen LogP contribution in [0, 0.1) is 12.5 Å². The van der Waals surface area contributed by atoms with Crippen LogP contribution in [-0.4, -0.2) is 49.9 Å². The summed E-state index contributed by atoms with van der Waals surface area (Å²) in [5, 5.41) is 0. The van der Waals surface area contributed by atoms with Crippen molar-refractivity contribution in [3.05, 3.63) is 23.8 Å². The maximum absolute atomic E-state index is 12.8. The van der Waals surface area contributed by atoms with Crippen LogP contribution in [0.3, 0.4) is 0 Å². The fourth-order valence-corrected chi connectivity index (χ4v) is 4.74. The van der Waals surface area contributed by atoms with Gasteiger partial charge in [0.05, 0.1) is 38.1 Å². The molecule has 0 amide bonds. The minimum Gasteiger partial charge on any atom is -0.350 e. The number of carbonyl (C=O) groups excluding carboxylic acids is 3. The largest absolute Gasteiger partial charge is 0.538 e. The lowest BCUT2D eigenvalue weighted by Gasteiger charge is -2.24. The Balaban J connectivity index is 2.98. The van der Waals surface area contributed by atoms with Gasteiger partial charge in [-0.2, -0.15) is 0 Å². The van der Waals surface area contributed by atoms with Gasteiger partial charge in [-0.25, -0.2) is 9.13 Å². The number of hydrogen-bond acceptors (Lipinski definition) is 11. The average molecular weight is 492 g/mol. The third kappa shape index (κ3) is 9.31. The number of terminal acetylenes is 1. The summed E-state index contributed by atoms with van der Waals surface area (Å²) in [6.07, 6.45) is 8.09. The van der Waals surface area contributed by atoms with Gasteiger partial charge in [0, 0.05) is 12.5 Å². The summed E-state index contributed by atoms with van der Waals surface area (Å²) >= 11 is 0. The molecule has 0 saturated carbocycles. The summed E-state index contributed by atoms with van der Waals surface area (Å²) in [6, 6.07) is 0. The first-order valence-corrected chi connectivity index (χ1v) is 12.7. The lowest BCUT2D eigenvalue weighted by Crippen LogP contribution is -2.23. The zero-order valence-electron chi connectivity index (χ0n) is 18.0. The molecule has 0 aromatic carbocycles. The van der Waals surface area contributed by atoms with Crippen molar-refractivity contribution in [1.29, 1.82) is 0 Å². The Kier molecular flexibility index (Phi) is 12.0. The van der Waals surface area contributed by atoms with E-state index in [0.717, 1.165) is 18.2 Å². The van der Waals surface area contributed by atoms with Crippen LogP contribution in [-0.2, 0) is 50.7 Å². The number of Topliss-reactive ketones (excluding diaryl/α,β-unsaturated/α-hetero) is 1. The molecule has 0 spiro atoms. The molecule has 2 atom stereocenters. The summed E-state index contributed by atoms with van der Waals surface area (Å²) < 4.78 is 55.4. The number of allylic oxidation sites excluding steroid dienone is 4. The van der Waals surface area contributed by atoms with E-state index in [1.165, 1.54) is 6.92 Å². The first-order valence-electron chi connectivity index (χ1n) is 9.74. The molecule has 1 aliphatic carbocycles. The highest BCUT2D eigenvalue weighted by Gasteiger charge is 2.34. The molecule has 0 aromatic heterocycles. The second-order valence-corrected chi connectivity index (χ2v) is 9.21. The first-order chi connectivity index (χ1) is 15.1. The molecule has 0 heterocycles. The van der Waals surface area contributed by atoms with E-state index in [2.05, 4.69) is 4.52 Å². The maximum atomic E-state index is 12.8. The van der Waals surface area contributed by atoms with E-state index >= 15 is 0 Å². The fourth-order valence-electron chi connectivity index (χ4n) is 2.40. The Morgan fingerprint density at radius 3 is 2.16 bits per heavy atom. The molecule has 1 aliphatic rings. The molecular weight excluding hydrogens is 466 g/mol. The maximum Gasteiger partial charge on any atom is 0.538 e. The molecule has 0 aromatic rings. The van der Waals surface area contributed by atoms with E-state index < -0.39 is 45.7 Å². The van der Waals surface area contributed by atoms with Gasteiger partial charge in [0.1, 0.15) is 6.11 Å². The van der Waals surface area contributed by atoms with Crippen LogP contribution in [0.25, 0.3) is 0 Å². The van der Waals surface area contributed by atoms with Gasteiger partial charge in [-0.1, -0.05) is 6.42 Å². The monoisotopic (exact) mass is 492 g/mol. The third-order valence-electron chi connectivity index (χ3n) is 3.67. The van der Waals surface area contributed by atoms with Gasteiger partial charge in [-0.3, -0.25) is 37.0 Å². The highest BCUT2D eigenvalue weighted by Crippen LogP contribution is 2.53. The van der Waals surface area contributed by atoms with E-state index in [9.17, 15) is 23.5 Å². The van der Waals surface area contributed by atoms with Crippen LogP contribution in [0.4, 0.5) is 0 Å². The molecule has 0 fully saturated rings. The van der Waals surface area contributed by atoms with Gasteiger partial charge in [0.2, 0.25) is 0 Å². The van der Waals surface area contributed by atoms with Crippen molar-refractivity contribution in [1.82, 2.24) is 0 Å². The van der Waals surface area contributed by atoms with Gasteiger partial charge < -0.3 is 4.52 Å². The third-order valence-corrected chi connectivity index (χ3v) is 6.74. The van der Waals surface area contributed by atoms with E-state index in [1.54, 1.807) is 20.0 Å². The standard InChI is InChI=1S/C19H26O11P2/c1-5-25-31(23,26-6-2)29-14-16(30-32(24,27-7-3)28-8-4)10-12-19(22)17-13-15(20)9-11-18(17)21/h1,9,11,13,16H,6-8,10,12,14H2,2-4H3. The molecule has 11 nitrogen and oxygen atoms in total. The van der Waals surface area contributed by atoms with Crippen molar-refractivity contribution in [2.45, 2.75) is 39.7 Å². The van der Waals surface area contributed by atoms with Crippen molar-refractivity contribution in [2.75, 3.05) is 26.4 Å². The molecule has 1 rings (SSSR count). The number of phosphoric acid groups is 2. The van der Waals surface area contributed by atoms with Crippen molar-refractivity contribution in [3.8, 4) is 12.5 Å². The van der Waals surface area contributed by atoms with Crippen LogP contribution in [0.1, 0.15) is 33.6 Å². The zero-order chi connectivity index (χ0) is 24.2. The van der Waals surface area contributed by atoms with Gasteiger partial charge in [-0.05, 0) is 39.3 Å². The molecule has 0 saturated heterocycles. The zero-order valence-corrected chi connectivity index (χ0v) is 19.8. The lowest BCUT2D eigenvalue weighted by atomic mass is 9.96. The molecule has 13 heteroatoms. The average Bonchev–Trinajstić information content (AvgIpc) is 2.72. The Bertz CT molecular complexity index is 874. The normalized spacial score (nSPS) is 16.8. The Morgan fingerprint density at radius 2 is 1.59 bits per heavy atom. The highest BCUT2D eigenvalue weighted by atomic mass is 31.2. The molecule has 0 N–H and O–H groups in total. The highest BCUT2D eigenvalue weighted by molar-refractivity contribution is 7.49. The summed E-state index contributed by atoms with van der Waals surface area (Å²) in [4.78, 5) is 35.8. The molecule has 2 unspecified atom stereocenters. The minimum absolute atomic E-state index is 0.00272. The molecule has 32 heavy (non-hydrogen) atoms.